The van der Waals surface area contributed by atoms with Crippen molar-refractivity contribution < 1.29 is 19.2 Å². The number of hydrazine groups is 1. The number of unbranched alkanes of at least 4 members (excludes halogenated alkanes) is 1. The molecule has 0 saturated heterocycles. The van der Waals surface area contributed by atoms with Crippen LogP contribution in [0.5, 0.6) is 0 Å². The molecule has 1 aliphatic heterocycles. The largest absolute Gasteiger partial charge is 0.455 e. The molecule has 0 radical (unpaired) electrons. The maximum atomic E-state index is 13.0. The molecule has 0 spiro atoms. The van der Waals surface area contributed by atoms with Gasteiger partial charge < -0.3 is 5.32 Å². The van der Waals surface area contributed by atoms with Crippen molar-refractivity contribution in [2.75, 3.05) is 20.1 Å². The van der Waals surface area contributed by atoms with Crippen LogP contribution in [-0.2, 0) is 0 Å². The predicted octanol–water partition coefficient (Wildman–Crippen LogP) is 1.49. The minimum atomic E-state index is -0.899. The maximum Gasteiger partial charge on any atom is 0.455 e. The second kappa shape index (κ2) is 8.29. The second-order valence-electron chi connectivity index (χ2n) is 6.71. The summed E-state index contributed by atoms with van der Waals surface area (Å²) in [5, 5.41) is 12.7. The van der Waals surface area contributed by atoms with E-state index in [4.69, 9.17) is 4.84 Å². The van der Waals surface area contributed by atoms with Gasteiger partial charge in [0.2, 0.25) is 0 Å². The number of para-hydroxylation sites is 1. The van der Waals surface area contributed by atoms with E-state index in [0.29, 0.717) is 17.5 Å². The Labute approximate surface area is 171 Å². The van der Waals surface area contributed by atoms with Crippen molar-refractivity contribution in [1.29, 1.82) is 0 Å². The monoisotopic (exact) mass is 408 g/mol. The third kappa shape index (κ3) is 3.48. The van der Waals surface area contributed by atoms with Crippen LogP contribution >= 0.6 is 0 Å². The number of carbonyl (C=O) groups excluding carboxylic acids is 3. The van der Waals surface area contributed by atoms with Crippen LogP contribution in [0.4, 0.5) is 4.79 Å². The van der Waals surface area contributed by atoms with Crippen molar-refractivity contribution >= 4 is 28.9 Å². The zero-order valence-electron chi connectivity index (χ0n) is 16.3. The van der Waals surface area contributed by atoms with E-state index in [1.54, 1.807) is 48.5 Å². The fourth-order valence-corrected chi connectivity index (χ4v) is 3.27. The number of hydrogen-bond acceptors (Lipinski definition) is 7. The Kier molecular flexibility index (Phi) is 5.40. The summed E-state index contributed by atoms with van der Waals surface area (Å²) in [4.78, 5) is 45.1. The summed E-state index contributed by atoms with van der Waals surface area (Å²) < 4.78 is 0. The molecule has 2 heterocycles. The van der Waals surface area contributed by atoms with Crippen LogP contribution in [-0.4, -0.2) is 63.2 Å². The van der Waals surface area contributed by atoms with Gasteiger partial charge in [0.15, 0.2) is 0 Å². The van der Waals surface area contributed by atoms with Gasteiger partial charge in [-0.05, 0) is 55.9 Å². The van der Waals surface area contributed by atoms with Gasteiger partial charge in [0.05, 0.1) is 11.1 Å². The van der Waals surface area contributed by atoms with Gasteiger partial charge in [-0.2, -0.15) is 5.01 Å². The smallest absolute Gasteiger partial charge is 0.320 e. The summed E-state index contributed by atoms with van der Waals surface area (Å²) in [6.45, 7) is 0.858. The Morgan fingerprint density at radius 1 is 1.03 bits per heavy atom. The first-order chi connectivity index (χ1) is 14.6. The quantitative estimate of drug-likeness (QED) is 0.358. The average molecular weight is 408 g/mol. The molecule has 0 fully saturated rings. The number of nitrogens with zero attached hydrogens (tertiary/aromatic N) is 5. The predicted molar refractivity (Wildman–Crippen MR) is 106 cm³/mol. The fourth-order valence-electron chi connectivity index (χ4n) is 3.27. The Morgan fingerprint density at radius 3 is 2.40 bits per heavy atom. The molecule has 0 saturated carbocycles. The highest BCUT2D eigenvalue weighted by atomic mass is 16.7. The molecule has 0 atom stereocenters. The highest BCUT2D eigenvalue weighted by Gasteiger charge is 2.42. The zero-order valence-corrected chi connectivity index (χ0v) is 16.3. The van der Waals surface area contributed by atoms with E-state index in [0.717, 1.165) is 27.8 Å². The number of carbonyl (C=O) groups is 3. The minimum absolute atomic E-state index is 0.124. The average Bonchev–Trinajstić information content (AvgIpc) is 3.28. The van der Waals surface area contributed by atoms with Gasteiger partial charge in [-0.15, -0.1) is 5.10 Å². The van der Waals surface area contributed by atoms with E-state index in [1.165, 1.54) is 0 Å². The molecule has 0 bridgehead atoms. The molecule has 1 N–H and O–H groups in total. The number of aromatic nitrogens is 3. The SMILES string of the molecule is CNCCCCN(C(=O)On1nnc2ccccc21)N1C(=O)c2ccccc2C1=O. The molecule has 10 nitrogen and oxygen atoms in total. The number of amides is 3. The summed E-state index contributed by atoms with van der Waals surface area (Å²) >= 11 is 0. The lowest BCUT2D eigenvalue weighted by Gasteiger charge is -2.28. The minimum Gasteiger partial charge on any atom is -0.320 e. The first-order valence-corrected chi connectivity index (χ1v) is 9.54. The van der Waals surface area contributed by atoms with Crippen LogP contribution in [0, 0.1) is 0 Å². The summed E-state index contributed by atoms with van der Waals surface area (Å²) in [5.41, 5.74) is 1.54. The van der Waals surface area contributed by atoms with Crippen molar-refractivity contribution in [3.05, 3.63) is 59.7 Å². The molecule has 1 aliphatic rings. The van der Waals surface area contributed by atoms with Gasteiger partial charge >= 0.3 is 6.09 Å². The number of fused-ring (bicyclic) bond motifs is 2. The lowest BCUT2D eigenvalue weighted by Crippen LogP contribution is -2.52. The van der Waals surface area contributed by atoms with E-state index in [-0.39, 0.29) is 17.7 Å². The van der Waals surface area contributed by atoms with Crippen LogP contribution in [0.25, 0.3) is 11.0 Å². The number of rotatable bonds is 7. The second-order valence-corrected chi connectivity index (χ2v) is 6.71. The third-order valence-corrected chi connectivity index (χ3v) is 4.76. The van der Waals surface area contributed by atoms with Crippen LogP contribution in [0.3, 0.4) is 0 Å². The number of nitrogens with one attached hydrogen (secondary N) is 1. The van der Waals surface area contributed by atoms with Gasteiger partial charge in [0, 0.05) is 6.54 Å². The molecule has 4 rings (SSSR count). The molecular formula is C20H20N6O4. The molecule has 10 heteroatoms. The van der Waals surface area contributed by atoms with Gasteiger partial charge in [0.1, 0.15) is 11.0 Å². The van der Waals surface area contributed by atoms with Crippen LogP contribution < -0.4 is 10.2 Å². The van der Waals surface area contributed by atoms with E-state index in [2.05, 4.69) is 15.6 Å². The van der Waals surface area contributed by atoms with Gasteiger partial charge in [-0.25, -0.2) is 9.80 Å². The van der Waals surface area contributed by atoms with Crippen LogP contribution in [0.2, 0.25) is 0 Å². The Balaban J connectivity index is 1.60. The molecular weight excluding hydrogens is 388 g/mol. The van der Waals surface area contributed by atoms with Crippen molar-refractivity contribution in [1.82, 2.24) is 30.5 Å². The summed E-state index contributed by atoms with van der Waals surface area (Å²) in [6, 6.07) is 13.4. The number of benzene rings is 2. The van der Waals surface area contributed by atoms with Crippen molar-refractivity contribution in [2.45, 2.75) is 12.8 Å². The van der Waals surface area contributed by atoms with Crippen molar-refractivity contribution in [3.8, 4) is 0 Å². The highest BCUT2D eigenvalue weighted by molar-refractivity contribution is 6.21. The standard InChI is InChI=1S/C20H20N6O4/c1-21-12-6-7-13-24(25-18(27)14-8-2-3-9-15(14)19(25)28)20(29)30-26-17-11-5-4-10-16(17)22-23-26/h2-5,8-11,21H,6-7,12-13H2,1H3. The first kappa shape index (κ1) is 19.5. The van der Waals surface area contributed by atoms with Crippen molar-refractivity contribution in [3.63, 3.8) is 0 Å². The first-order valence-electron chi connectivity index (χ1n) is 9.54. The van der Waals surface area contributed by atoms with Crippen LogP contribution in [0.1, 0.15) is 33.6 Å². The summed E-state index contributed by atoms with van der Waals surface area (Å²) in [6.07, 6.45) is 0.404. The summed E-state index contributed by atoms with van der Waals surface area (Å²) in [7, 11) is 1.83. The van der Waals surface area contributed by atoms with E-state index < -0.39 is 17.9 Å². The molecule has 3 aromatic rings. The Hall–Kier alpha value is -3.79. The van der Waals surface area contributed by atoms with E-state index in [1.807, 2.05) is 7.05 Å². The number of imide groups is 1. The van der Waals surface area contributed by atoms with Gasteiger partial charge in [-0.3, -0.25) is 14.4 Å². The van der Waals surface area contributed by atoms with Gasteiger partial charge in [-0.1, -0.05) is 29.1 Å². The summed E-state index contributed by atoms with van der Waals surface area (Å²) in [5.74, 6) is -1.13. The third-order valence-electron chi connectivity index (χ3n) is 4.76. The highest BCUT2D eigenvalue weighted by Crippen LogP contribution is 2.24. The molecule has 30 heavy (non-hydrogen) atoms. The molecule has 1 aromatic heterocycles. The van der Waals surface area contributed by atoms with Crippen molar-refractivity contribution in [2.24, 2.45) is 0 Å². The molecule has 3 amide bonds. The molecule has 0 aliphatic carbocycles. The zero-order chi connectivity index (χ0) is 21.1. The Bertz CT molecular complexity index is 1080. The van der Waals surface area contributed by atoms with E-state index in [9.17, 15) is 14.4 Å². The maximum absolute atomic E-state index is 13.0. The normalized spacial score (nSPS) is 13.0. The molecule has 0 unspecified atom stereocenters. The van der Waals surface area contributed by atoms with Crippen LogP contribution in [0.15, 0.2) is 48.5 Å². The molecule has 154 valence electrons. The molecule has 2 aromatic carbocycles. The lowest BCUT2D eigenvalue weighted by atomic mass is 10.1. The fraction of sp³-hybridized carbons (Fsp3) is 0.250. The number of hydrogen-bond donors (Lipinski definition) is 1. The lowest BCUT2D eigenvalue weighted by molar-refractivity contribution is -0.00761. The van der Waals surface area contributed by atoms with Gasteiger partial charge in [0.25, 0.3) is 11.8 Å². The van der Waals surface area contributed by atoms with E-state index >= 15 is 0 Å². The topological polar surface area (TPSA) is 110 Å². The Morgan fingerprint density at radius 2 is 1.70 bits per heavy atom.